The van der Waals surface area contributed by atoms with Crippen molar-refractivity contribution in [3.63, 3.8) is 0 Å². The predicted molar refractivity (Wildman–Crippen MR) is 77.6 cm³/mol. The first-order valence-electron chi connectivity index (χ1n) is 6.42. The maximum atomic E-state index is 9.81. The Morgan fingerprint density at radius 2 is 2.00 bits per heavy atom. The summed E-state index contributed by atoms with van der Waals surface area (Å²) in [6, 6.07) is 3.81. The van der Waals surface area contributed by atoms with Crippen LogP contribution in [0.4, 0.5) is 0 Å². The molecule has 0 bridgehead atoms. The molecule has 0 saturated carbocycles. The molecule has 0 aliphatic carbocycles. The third-order valence-corrected chi connectivity index (χ3v) is 3.81. The lowest BCUT2D eigenvalue weighted by Gasteiger charge is -2.35. The van der Waals surface area contributed by atoms with Gasteiger partial charge >= 0.3 is 0 Å². The SMILES string of the molecule is COc1cc(CN2CC(C)OC(C)C2)cc(Br)c1O. The molecule has 1 saturated heterocycles. The van der Waals surface area contributed by atoms with Crippen LogP contribution in [0.15, 0.2) is 16.6 Å². The van der Waals surface area contributed by atoms with Gasteiger partial charge < -0.3 is 14.6 Å². The van der Waals surface area contributed by atoms with Crippen molar-refractivity contribution in [3.05, 3.63) is 22.2 Å². The highest BCUT2D eigenvalue weighted by Crippen LogP contribution is 2.35. The van der Waals surface area contributed by atoms with E-state index in [1.54, 1.807) is 7.11 Å². The predicted octanol–water partition coefficient (Wildman–Crippen LogP) is 2.77. The van der Waals surface area contributed by atoms with Crippen LogP contribution >= 0.6 is 15.9 Å². The number of benzene rings is 1. The quantitative estimate of drug-likeness (QED) is 0.925. The highest BCUT2D eigenvalue weighted by Gasteiger charge is 2.22. The smallest absolute Gasteiger partial charge is 0.172 e. The fourth-order valence-corrected chi connectivity index (χ4v) is 3.04. The standard InChI is InChI=1S/C14H20BrNO3/c1-9-6-16(7-10(2)19-9)8-11-4-12(15)14(17)13(5-11)18-3/h4-5,9-10,17H,6-8H2,1-3H3. The van der Waals surface area contributed by atoms with Crippen LogP contribution in [0.5, 0.6) is 11.5 Å². The van der Waals surface area contributed by atoms with Crippen LogP contribution in [-0.4, -0.2) is 42.4 Å². The molecule has 5 heteroatoms. The molecule has 1 aliphatic heterocycles. The Morgan fingerprint density at radius 1 is 1.37 bits per heavy atom. The zero-order valence-electron chi connectivity index (χ0n) is 11.5. The number of morpholine rings is 1. The first-order valence-corrected chi connectivity index (χ1v) is 7.22. The second-order valence-corrected chi connectivity index (χ2v) is 5.93. The monoisotopic (exact) mass is 329 g/mol. The van der Waals surface area contributed by atoms with Crippen molar-refractivity contribution in [1.82, 2.24) is 4.90 Å². The fraction of sp³-hybridized carbons (Fsp3) is 0.571. The van der Waals surface area contributed by atoms with Crippen LogP contribution in [0, 0.1) is 0 Å². The molecule has 19 heavy (non-hydrogen) atoms. The second kappa shape index (κ2) is 6.11. The van der Waals surface area contributed by atoms with Gasteiger partial charge in [-0.05, 0) is 47.5 Å². The van der Waals surface area contributed by atoms with Crippen molar-refractivity contribution in [2.45, 2.75) is 32.6 Å². The lowest BCUT2D eigenvalue weighted by molar-refractivity contribution is -0.0705. The normalized spacial score (nSPS) is 24.4. The summed E-state index contributed by atoms with van der Waals surface area (Å²) in [7, 11) is 1.56. The van der Waals surface area contributed by atoms with E-state index in [0.29, 0.717) is 10.2 Å². The summed E-state index contributed by atoms with van der Waals surface area (Å²) in [5.74, 6) is 0.647. The summed E-state index contributed by atoms with van der Waals surface area (Å²) in [6.45, 7) is 6.86. The third kappa shape index (κ3) is 3.61. The van der Waals surface area contributed by atoms with Gasteiger partial charge in [-0.1, -0.05) is 0 Å². The van der Waals surface area contributed by atoms with Gasteiger partial charge in [-0.15, -0.1) is 0 Å². The lowest BCUT2D eigenvalue weighted by atomic mass is 10.1. The number of ether oxygens (including phenoxy) is 2. The molecule has 1 aliphatic rings. The highest BCUT2D eigenvalue weighted by molar-refractivity contribution is 9.10. The first-order chi connectivity index (χ1) is 8.99. The molecule has 2 unspecified atom stereocenters. The maximum Gasteiger partial charge on any atom is 0.172 e. The van der Waals surface area contributed by atoms with Crippen molar-refractivity contribution < 1.29 is 14.6 Å². The second-order valence-electron chi connectivity index (χ2n) is 5.08. The van der Waals surface area contributed by atoms with Crippen molar-refractivity contribution in [2.75, 3.05) is 20.2 Å². The summed E-state index contributed by atoms with van der Waals surface area (Å²) >= 11 is 3.35. The molecule has 0 aromatic heterocycles. The van der Waals surface area contributed by atoms with E-state index in [4.69, 9.17) is 9.47 Å². The molecular formula is C14H20BrNO3. The minimum atomic E-state index is 0.148. The minimum Gasteiger partial charge on any atom is -0.503 e. The molecule has 2 rings (SSSR count). The van der Waals surface area contributed by atoms with Crippen LogP contribution in [0.25, 0.3) is 0 Å². The molecule has 1 fully saturated rings. The molecule has 0 radical (unpaired) electrons. The van der Waals surface area contributed by atoms with E-state index < -0.39 is 0 Å². The summed E-state index contributed by atoms with van der Waals surface area (Å²) in [6.07, 6.45) is 0.511. The Hall–Kier alpha value is -0.780. The Morgan fingerprint density at radius 3 is 2.58 bits per heavy atom. The van der Waals surface area contributed by atoms with Gasteiger partial charge in [0.1, 0.15) is 0 Å². The number of aromatic hydroxyl groups is 1. The summed E-state index contributed by atoms with van der Waals surface area (Å²) < 4.78 is 11.6. The van der Waals surface area contributed by atoms with Crippen molar-refractivity contribution in [1.29, 1.82) is 0 Å². The Balaban J connectivity index is 2.12. The van der Waals surface area contributed by atoms with Gasteiger partial charge in [-0.2, -0.15) is 0 Å². The molecular weight excluding hydrogens is 310 g/mol. The number of methoxy groups -OCH3 is 1. The third-order valence-electron chi connectivity index (χ3n) is 3.21. The van der Waals surface area contributed by atoms with E-state index in [-0.39, 0.29) is 18.0 Å². The average Bonchev–Trinajstić information content (AvgIpc) is 2.32. The average molecular weight is 330 g/mol. The van der Waals surface area contributed by atoms with Crippen LogP contribution in [0.1, 0.15) is 19.4 Å². The molecule has 4 nitrogen and oxygen atoms in total. The van der Waals surface area contributed by atoms with Crippen LogP contribution < -0.4 is 4.74 Å². The molecule has 0 spiro atoms. The minimum absolute atomic E-state index is 0.148. The number of hydrogen-bond donors (Lipinski definition) is 1. The Bertz CT molecular complexity index is 443. The van der Waals surface area contributed by atoms with E-state index in [0.717, 1.165) is 25.2 Å². The van der Waals surface area contributed by atoms with Crippen LogP contribution in [0.3, 0.4) is 0 Å². The first kappa shape index (κ1) is 14.6. The number of hydrogen-bond acceptors (Lipinski definition) is 4. The Labute approximate surface area is 122 Å². The molecule has 2 atom stereocenters. The number of phenols is 1. The molecule has 106 valence electrons. The molecule has 1 aromatic carbocycles. The van der Waals surface area contributed by atoms with Gasteiger partial charge in [-0.25, -0.2) is 0 Å². The van der Waals surface area contributed by atoms with Gasteiger partial charge in [0.25, 0.3) is 0 Å². The van der Waals surface area contributed by atoms with Crippen LogP contribution in [0.2, 0.25) is 0 Å². The maximum absolute atomic E-state index is 9.81. The van der Waals surface area contributed by atoms with Gasteiger partial charge in [0, 0.05) is 19.6 Å². The largest absolute Gasteiger partial charge is 0.503 e. The fourth-order valence-electron chi connectivity index (χ4n) is 2.55. The van der Waals surface area contributed by atoms with Gasteiger partial charge in [0.15, 0.2) is 11.5 Å². The van der Waals surface area contributed by atoms with Crippen molar-refractivity contribution >= 4 is 15.9 Å². The van der Waals surface area contributed by atoms with Gasteiger partial charge in [-0.3, -0.25) is 4.90 Å². The van der Waals surface area contributed by atoms with Gasteiger partial charge in [0.05, 0.1) is 23.8 Å². The van der Waals surface area contributed by atoms with Gasteiger partial charge in [0.2, 0.25) is 0 Å². The summed E-state index contributed by atoms with van der Waals surface area (Å²) in [4.78, 5) is 2.36. The van der Waals surface area contributed by atoms with Crippen LogP contribution in [-0.2, 0) is 11.3 Å². The molecule has 0 amide bonds. The van der Waals surface area contributed by atoms with Crippen molar-refractivity contribution in [2.24, 2.45) is 0 Å². The molecule has 1 heterocycles. The number of nitrogens with zero attached hydrogens (tertiary/aromatic N) is 1. The zero-order valence-corrected chi connectivity index (χ0v) is 13.1. The van der Waals surface area contributed by atoms with Crippen molar-refractivity contribution in [3.8, 4) is 11.5 Å². The lowest BCUT2D eigenvalue weighted by Crippen LogP contribution is -2.44. The van der Waals surface area contributed by atoms with E-state index in [1.807, 2.05) is 12.1 Å². The number of phenolic OH excluding ortho intramolecular Hbond substituents is 1. The van der Waals surface area contributed by atoms with E-state index in [9.17, 15) is 5.11 Å². The van der Waals surface area contributed by atoms with E-state index in [2.05, 4.69) is 34.7 Å². The van der Waals surface area contributed by atoms with E-state index in [1.165, 1.54) is 0 Å². The topological polar surface area (TPSA) is 41.9 Å². The zero-order chi connectivity index (χ0) is 14.0. The highest BCUT2D eigenvalue weighted by atomic mass is 79.9. The number of rotatable bonds is 3. The van der Waals surface area contributed by atoms with E-state index >= 15 is 0 Å². The molecule has 1 aromatic rings. The summed E-state index contributed by atoms with van der Waals surface area (Å²) in [5, 5.41) is 9.81. The number of halogens is 1. The summed E-state index contributed by atoms with van der Waals surface area (Å²) in [5.41, 5.74) is 1.11. The molecule has 1 N–H and O–H groups in total. The Kier molecular flexibility index (Phi) is 4.71.